The van der Waals surface area contributed by atoms with Crippen molar-refractivity contribution >= 4 is 23.5 Å². The van der Waals surface area contributed by atoms with Gasteiger partial charge in [-0.25, -0.2) is 0 Å². The minimum Gasteiger partial charge on any atom is -0.455 e. The number of carbonyl (C=O) groups is 2. The maximum Gasteiger partial charge on any atom is 0.312 e. The summed E-state index contributed by atoms with van der Waals surface area (Å²) in [6, 6.07) is 8.28. The van der Waals surface area contributed by atoms with Crippen LogP contribution < -0.4 is 5.32 Å². The van der Waals surface area contributed by atoms with Crippen molar-refractivity contribution in [3.05, 3.63) is 35.4 Å². The van der Waals surface area contributed by atoms with E-state index in [0.29, 0.717) is 18.3 Å². The molecule has 5 heteroatoms. The Labute approximate surface area is 171 Å². The quantitative estimate of drug-likeness (QED) is 0.604. The summed E-state index contributed by atoms with van der Waals surface area (Å²) in [4.78, 5) is 25.2. The van der Waals surface area contributed by atoms with Gasteiger partial charge in [0, 0.05) is 4.87 Å². The lowest BCUT2D eigenvalue weighted by atomic mass is 9.49. The summed E-state index contributed by atoms with van der Waals surface area (Å²) in [5, 5.41) is 3.07. The molecule has 1 aromatic carbocycles. The molecule has 4 nitrogen and oxygen atoms in total. The second kappa shape index (κ2) is 6.76. The van der Waals surface area contributed by atoms with E-state index in [1.807, 2.05) is 12.1 Å². The number of fused-ring (bicyclic) bond motifs is 1. The lowest BCUT2D eigenvalue weighted by Gasteiger charge is -2.58. The molecule has 1 amide bonds. The van der Waals surface area contributed by atoms with Crippen LogP contribution in [-0.2, 0) is 20.7 Å². The smallest absolute Gasteiger partial charge is 0.312 e. The Morgan fingerprint density at radius 3 is 2.64 bits per heavy atom. The number of alkyl halides is 1. The van der Waals surface area contributed by atoms with Crippen molar-refractivity contribution in [1.82, 2.24) is 5.32 Å². The van der Waals surface area contributed by atoms with Crippen LogP contribution in [0, 0.1) is 17.3 Å². The maximum absolute atomic E-state index is 13.0. The fraction of sp³-hybridized carbons (Fsp3) is 0.652. The van der Waals surface area contributed by atoms with Gasteiger partial charge in [-0.15, -0.1) is 11.6 Å². The van der Waals surface area contributed by atoms with Crippen LogP contribution in [0.2, 0.25) is 0 Å². The number of rotatable bonds is 4. The van der Waals surface area contributed by atoms with Crippen LogP contribution in [0.4, 0.5) is 0 Å². The third-order valence-corrected chi connectivity index (χ3v) is 7.90. The SMILES string of the molecule is O=C(COC(=O)C12C[C@@H]3C[C@@H](CC(Cl)(C3)C1)C2)N[C@@H]1CCCc2ccccc21. The van der Waals surface area contributed by atoms with Crippen LogP contribution >= 0.6 is 11.6 Å². The van der Waals surface area contributed by atoms with Crippen molar-refractivity contribution in [3.8, 4) is 0 Å². The van der Waals surface area contributed by atoms with Crippen LogP contribution in [0.15, 0.2) is 24.3 Å². The van der Waals surface area contributed by atoms with Crippen molar-refractivity contribution in [1.29, 1.82) is 0 Å². The largest absolute Gasteiger partial charge is 0.455 e. The van der Waals surface area contributed by atoms with E-state index < -0.39 is 5.41 Å². The normalized spacial score (nSPS) is 38.0. The highest BCUT2D eigenvalue weighted by molar-refractivity contribution is 6.24. The molecule has 28 heavy (non-hydrogen) atoms. The fourth-order valence-corrected chi connectivity index (χ4v) is 7.51. The Kier molecular flexibility index (Phi) is 4.46. The minimum atomic E-state index is -0.455. The summed E-state index contributed by atoms with van der Waals surface area (Å²) < 4.78 is 5.55. The molecule has 5 aliphatic carbocycles. The van der Waals surface area contributed by atoms with Gasteiger partial charge in [0.2, 0.25) is 0 Å². The van der Waals surface area contributed by atoms with E-state index in [4.69, 9.17) is 16.3 Å². The second-order valence-corrected chi connectivity index (χ2v) is 10.5. The molecule has 0 saturated heterocycles. The molecule has 150 valence electrons. The average molecular weight is 402 g/mol. The zero-order chi connectivity index (χ0) is 19.4. The highest BCUT2D eigenvalue weighted by atomic mass is 35.5. The van der Waals surface area contributed by atoms with Gasteiger partial charge in [-0.05, 0) is 80.8 Å². The van der Waals surface area contributed by atoms with Gasteiger partial charge in [-0.3, -0.25) is 9.59 Å². The second-order valence-electron chi connectivity index (χ2n) is 9.68. The third kappa shape index (κ3) is 3.24. The first-order valence-corrected chi connectivity index (χ1v) is 11.1. The van der Waals surface area contributed by atoms with Gasteiger partial charge >= 0.3 is 5.97 Å². The van der Waals surface area contributed by atoms with Crippen molar-refractivity contribution in [2.75, 3.05) is 6.61 Å². The van der Waals surface area contributed by atoms with Gasteiger partial charge in [-0.1, -0.05) is 24.3 Å². The first-order valence-electron chi connectivity index (χ1n) is 10.7. The van der Waals surface area contributed by atoms with Gasteiger partial charge in [0.25, 0.3) is 5.91 Å². The molecule has 5 aliphatic rings. The van der Waals surface area contributed by atoms with E-state index in [0.717, 1.165) is 44.9 Å². The number of halogens is 1. The predicted octanol–water partition coefficient (Wildman–Crippen LogP) is 4.30. The number of benzene rings is 1. The summed E-state index contributed by atoms with van der Waals surface area (Å²) in [7, 11) is 0. The molecule has 0 spiro atoms. The molecule has 4 saturated carbocycles. The van der Waals surface area contributed by atoms with Crippen LogP contribution in [0.1, 0.15) is 68.5 Å². The van der Waals surface area contributed by atoms with Crippen molar-refractivity contribution < 1.29 is 14.3 Å². The highest BCUT2D eigenvalue weighted by Gasteiger charge is 2.60. The first-order chi connectivity index (χ1) is 13.4. The van der Waals surface area contributed by atoms with Crippen LogP contribution in [0.25, 0.3) is 0 Å². The Balaban J connectivity index is 1.20. The number of hydrogen-bond acceptors (Lipinski definition) is 3. The number of amides is 1. The van der Waals surface area contributed by atoms with Crippen LogP contribution in [-0.4, -0.2) is 23.4 Å². The summed E-state index contributed by atoms with van der Waals surface area (Å²) in [6.07, 6.45) is 8.79. The van der Waals surface area contributed by atoms with Gasteiger partial charge in [0.15, 0.2) is 6.61 Å². The first kappa shape index (κ1) is 18.5. The van der Waals surface area contributed by atoms with Crippen molar-refractivity contribution in [3.63, 3.8) is 0 Å². The molecule has 5 atom stereocenters. The molecule has 1 aromatic rings. The van der Waals surface area contributed by atoms with Crippen molar-refractivity contribution in [2.45, 2.75) is 68.7 Å². The third-order valence-electron chi connectivity index (χ3n) is 7.46. The zero-order valence-corrected chi connectivity index (χ0v) is 17.0. The molecule has 0 aromatic heterocycles. The number of aryl methyl sites for hydroxylation is 1. The Morgan fingerprint density at radius 2 is 1.89 bits per heavy atom. The molecule has 2 unspecified atom stereocenters. The van der Waals surface area contributed by atoms with E-state index in [1.165, 1.54) is 17.5 Å². The molecule has 4 fully saturated rings. The van der Waals surface area contributed by atoms with E-state index in [1.54, 1.807) is 0 Å². The van der Waals surface area contributed by atoms with E-state index in [2.05, 4.69) is 17.4 Å². The molecule has 0 radical (unpaired) electrons. The van der Waals surface area contributed by atoms with Crippen molar-refractivity contribution in [2.24, 2.45) is 17.3 Å². The van der Waals surface area contributed by atoms with Gasteiger partial charge in [0.05, 0.1) is 11.5 Å². The van der Waals surface area contributed by atoms with Gasteiger partial charge < -0.3 is 10.1 Å². The van der Waals surface area contributed by atoms with E-state index in [9.17, 15) is 9.59 Å². The zero-order valence-electron chi connectivity index (χ0n) is 16.2. The highest BCUT2D eigenvalue weighted by Crippen LogP contribution is 2.64. The number of esters is 1. The number of nitrogens with one attached hydrogen (secondary N) is 1. The lowest BCUT2D eigenvalue weighted by Crippen LogP contribution is -2.56. The predicted molar refractivity (Wildman–Crippen MR) is 107 cm³/mol. The van der Waals surface area contributed by atoms with Gasteiger partial charge in [-0.2, -0.15) is 0 Å². The molecule has 1 N–H and O–H groups in total. The fourth-order valence-electron chi connectivity index (χ4n) is 6.81. The Morgan fingerprint density at radius 1 is 1.14 bits per heavy atom. The molecule has 4 bridgehead atoms. The minimum absolute atomic E-state index is 0.0156. The summed E-state index contributed by atoms with van der Waals surface area (Å²) in [6.45, 7) is -0.191. The number of carbonyl (C=O) groups excluding carboxylic acids is 2. The number of ether oxygens (including phenoxy) is 1. The number of hydrogen-bond donors (Lipinski definition) is 1. The summed E-state index contributed by atoms with van der Waals surface area (Å²) in [5.74, 6) is 0.670. The van der Waals surface area contributed by atoms with Crippen LogP contribution in [0.3, 0.4) is 0 Å². The summed E-state index contributed by atoms with van der Waals surface area (Å²) in [5.41, 5.74) is 2.04. The monoisotopic (exact) mass is 401 g/mol. The van der Waals surface area contributed by atoms with E-state index in [-0.39, 0.29) is 29.4 Å². The molecular formula is C23H28ClNO3. The topological polar surface area (TPSA) is 55.4 Å². The molecule has 0 heterocycles. The molecular weight excluding hydrogens is 374 g/mol. The summed E-state index contributed by atoms with van der Waals surface area (Å²) >= 11 is 6.82. The standard InChI is InChI=1S/C23H28ClNO3/c24-23-11-15-8-16(12-23)10-22(9-15,14-23)21(27)28-13-20(26)25-19-7-3-5-17-4-1-2-6-18(17)19/h1-2,4,6,15-16,19H,3,5,7-14H2,(H,25,26)/t15-,16+,19-,22?,23?/m1/s1. The average Bonchev–Trinajstić information content (AvgIpc) is 2.64. The lowest BCUT2D eigenvalue weighted by molar-refractivity contribution is -0.171. The molecule has 6 rings (SSSR count). The Bertz CT molecular complexity index is 793. The maximum atomic E-state index is 13.0. The Hall–Kier alpha value is -1.55. The van der Waals surface area contributed by atoms with Gasteiger partial charge in [0.1, 0.15) is 0 Å². The van der Waals surface area contributed by atoms with Crippen LogP contribution in [0.5, 0.6) is 0 Å². The molecule has 0 aliphatic heterocycles. The van der Waals surface area contributed by atoms with E-state index >= 15 is 0 Å².